The zero-order valence-corrected chi connectivity index (χ0v) is 31.8. The van der Waals surface area contributed by atoms with Gasteiger partial charge in [-0.05, 0) is 79.4 Å². The minimum Gasteiger partial charge on any atom is -0.493 e. The van der Waals surface area contributed by atoms with Gasteiger partial charge in [-0.3, -0.25) is 14.4 Å². The molecule has 0 spiro atoms. The van der Waals surface area contributed by atoms with E-state index in [1.54, 1.807) is 14.2 Å². The Labute approximate surface area is 300 Å². The first-order chi connectivity index (χ1) is 23.8. The number of rotatable bonds is 23. The standard InChI is InChI=1S/C38H66N4O8/c1-24(2)29(18-28-10-11-33(48-8)34(19-28)50-15-9-14-47-7)20-31(41-38(46)36(26(5)6)42-35(44)22-39)32(43)21-30(25(3)4)37(45)40-23-27-12-16-49-17-13-27/h10-11,19,24-27,29-32,36,43H,9,12-18,20-23,39H2,1-8H3,(H,40,45)(H,41,46)(H,42,44)/t29?,30?,31-,32?,36-/m0/s1. The molecule has 12 nitrogen and oxygen atoms in total. The molecule has 1 aliphatic rings. The number of aliphatic hydroxyl groups excluding tert-OH is 1. The number of methoxy groups -OCH3 is 2. The van der Waals surface area contributed by atoms with Crippen molar-refractivity contribution in [1.82, 2.24) is 16.0 Å². The predicted octanol–water partition coefficient (Wildman–Crippen LogP) is 3.47. The zero-order valence-electron chi connectivity index (χ0n) is 31.8. The number of carbonyl (C=O) groups is 3. The Morgan fingerprint density at radius 2 is 1.62 bits per heavy atom. The molecule has 3 unspecified atom stereocenters. The molecule has 0 aliphatic carbocycles. The number of nitrogens with two attached hydrogens (primary N) is 1. The predicted molar refractivity (Wildman–Crippen MR) is 195 cm³/mol. The van der Waals surface area contributed by atoms with Crippen LogP contribution in [0.3, 0.4) is 0 Å². The zero-order chi connectivity index (χ0) is 37.2. The topological polar surface area (TPSA) is 170 Å². The number of nitrogens with one attached hydrogen (secondary N) is 3. The van der Waals surface area contributed by atoms with E-state index in [2.05, 4.69) is 29.8 Å². The fourth-order valence-electron chi connectivity index (χ4n) is 6.35. The molecule has 286 valence electrons. The second kappa shape index (κ2) is 22.8. The fourth-order valence-corrected chi connectivity index (χ4v) is 6.35. The summed E-state index contributed by atoms with van der Waals surface area (Å²) in [5.41, 5.74) is 6.58. The van der Waals surface area contributed by atoms with E-state index in [-0.39, 0.29) is 42.5 Å². The average Bonchev–Trinajstić information content (AvgIpc) is 3.09. The van der Waals surface area contributed by atoms with Crippen LogP contribution in [-0.4, -0.2) is 94.8 Å². The minimum atomic E-state index is -1.02. The van der Waals surface area contributed by atoms with Crippen LogP contribution in [0.1, 0.15) is 79.2 Å². The fraction of sp³-hybridized carbons (Fsp3) is 0.763. The lowest BCUT2D eigenvalue weighted by Crippen LogP contribution is -2.56. The van der Waals surface area contributed by atoms with Gasteiger partial charge in [0.25, 0.3) is 0 Å². The van der Waals surface area contributed by atoms with Gasteiger partial charge in [-0.2, -0.15) is 0 Å². The molecule has 0 bridgehead atoms. The summed E-state index contributed by atoms with van der Waals surface area (Å²) in [5.74, 6) is 0.258. The largest absolute Gasteiger partial charge is 0.493 e. The molecule has 1 aromatic rings. The lowest BCUT2D eigenvalue weighted by Gasteiger charge is -2.34. The number of hydrogen-bond donors (Lipinski definition) is 5. The summed E-state index contributed by atoms with van der Waals surface area (Å²) < 4.78 is 22.2. The summed E-state index contributed by atoms with van der Waals surface area (Å²) in [6.45, 7) is 14.7. The van der Waals surface area contributed by atoms with Gasteiger partial charge in [-0.1, -0.05) is 47.6 Å². The number of aliphatic hydroxyl groups is 1. The van der Waals surface area contributed by atoms with E-state index in [9.17, 15) is 19.5 Å². The van der Waals surface area contributed by atoms with Crippen LogP contribution in [0, 0.1) is 35.5 Å². The van der Waals surface area contributed by atoms with Gasteiger partial charge in [0.1, 0.15) is 6.04 Å². The highest BCUT2D eigenvalue weighted by Crippen LogP contribution is 2.32. The molecule has 1 heterocycles. The van der Waals surface area contributed by atoms with Gasteiger partial charge in [0, 0.05) is 45.8 Å². The quantitative estimate of drug-likeness (QED) is 0.107. The van der Waals surface area contributed by atoms with Crippen molar-refractivity contribution < 1.29 is 38.4 Å². The SMILES string of the molecule is COCCCOc1cc(CC(C[C@H](NC(=O)[C@@H](NC(=O)CN)C(C)C)C(O)CC(C(=O)NCC2CCOCC2)C(C)C)C(C)C)ccc1OC. The van der Waals surface area contributed by atoms with E-state index in [0.29, 0.717) is 63.2 Å². The molecule has 5 atom stereocenters. The van der Waals surface area contributed by atoms with E-state index in [4.69, 9.17) is 24.7 Å². The third-order valence-corrected chi connectivity index (χ3v) is 9.76. The molecule has 0 radical (unpaired) electrons. The highest BCUT2D eigenvalue weighted by atomic mass is 16.5. The molecule has 3 amide bonds. The Kier molecular flexibility index (Phi) is 19.7. The van der Waals surface area contributed by atoms with Gasteiger partial charge in [0.15, 0.2) is 11.5 Å². The second-order valence-corrected chi connectivity index (χ2v) is 14.7. The summed E-state index contributed by atoms with van der Waals surface area (Å²) in [6, 6.07) is 4.38. The van der Waals surface area contributed by atoms with Crippen molar-refractivity contribution in [1.29, 1.82) is 0 Å². The van der Waals surface area contributed by atoms with Gasteiger partial charge in [0.2, 0.25) is 17.7 Å². The first kappa shape index (κ1) is 43.2. The average molecular weight is 707 g/mol. The summed E-state index contributed by atoms with van der Waals surface area (Å²) >= 11 is 0. The first-order valence-electron chi connectivity index (χ1n) is 18.4. The van der Waals surface area contributed by atoms with Crippen molar-refractivity contribution >= 4 is 17.7 Å². The summed E-state index contributed by atoms with van der Waals surface area (Å²) in [4.78, 5) is 39.5. The normalized spacial score (nSPS) is 16.8. The summed E-state index contributed by atoms with van der Waals surface area (Å²) in [5, 5.41) is 20.8. The van der Waals surface area contributed by atoms with E-state index in [1.165, 1.54) is 0 Å². The van der Waals surface area contributed by atoms with Crippen LogP contribution in [0.5, 0.6) is 11.5 Å². The maximum atomic E-state index is 13.7. The van der Waals surface area contributed by atoms with Crippen molar-refractivity contribution in [2.75, 3.05) is 53.7 Å². The van der Waals surface area contributed by atoms with Gasteiger partial charge in [-0.25, -0.2) is 0 Å². The third kappa shape index (κ3) is 14.7. The minimum absolute atomic E-state index is 0.0366. The van der Waals surface area contributed by atoms with Crippen LogP contribution in [0.25, 0.3) is 0 Å². The molecule has 2 rings (SSSR count). The number of benzene rings is 1. The molecule has 0 aromatic heterocycles. The summed E-state index contributed by atoms with van der Waals surface area (Å²) in [7, 11) is 3.27. The number of hydrogen-bond acceptors (Lipinski definition) is 9. The first-order valence-corrected chi connectivity index (χ1v) is 18.4. The van der Waals surface area contributed by atoms with E-state index >= 15 is 0 Å². The van der Waals surface area contributed by atoms with Gasteiger partial charge in [0.05, 0.1) is 32.4 Å². The highest BCUT2D eigenvalue weighted by Gasteiger charge is 2.34. The molecule has 6 N–H and O–H groups in total. The Hall–Kier alpha value is -2.93. The van der Waals surface area contributed by atoms with E-state index in [1.807, 2.05) is 45.9 Å². The monoisotopic (exact) mass is 706 g/mol. The van der Waals surface area contributed by atoms with Crippen LogP contribution in [0.15, 0.2) is 18.2 Å². The van der Waals surface area contributed by atoms with E-state index < -0.39 is 35.9 Å². The highest BCUT2D eigenvalue weighted by molar-refractivity contribution is 5.88. The van der Waals surface area contributed by atoms with Crippen molar-refractivity contribution in [3.05, 3.63) is 23.8 Å². The Morgan fingerprint density at radius 3 is 2.20 bits per heavy atom. The molecule has 0 saturated carbocycles. The van der Waals surface area contributed by atoms with Crippen molar-refractivity contribution in [2.45, 2.75) is 98.3 Å². The molecule has 1 aromatic carbocycles. The van der Waals surface area contributed by atoms with E-state index in [0.717, 1.165) is 24.8 Å². The van der Waals surface area contributed by atoms with Crippen LogP contribution in [-0.2, 0) is 30.3 Å². The lowest BCUT2D eigenvalue weighted by molar-refractivity contribution is -0.131. The van der Waals surface area contributed by atoms with Crippen LogP contribution < -0.4 is 31.2 Å². The maximum Gasteiger partial charge on any atom is 0.243 e. The van der Waals surface area contributed by atoms with Crippen molar-refractivity contribution in [3.8, 4) is 11.5 Å². The van der Waals surface area contributed by atoms with Gasteiger partial charge < -0.3 is 45.7 Å². The molecular formula is C38H66N4O8. The maximum absolute atomic E-state index is 13.7. The number of amides is 3. The second-order valence-electron chi connectivity index (χ2n) is 14.7. The van der Waals surface area contributed by atoms with Crippen LogP contribution >= 0.6 is 0 Å². The Morgan fingerprint density at radius 1 is 0.920 bits per heavy atom. The molecule has 12 heteroatoms. The van der Waals surface area contributed by atoms with Crippen LogP contribution in [0.2, 0.25) is 0 Å². The molecule has 50 heavy (non-hydrogen) atoms. The Balaban J connectivity index is 2.34. The molecule has 1 aliphatic heterocycles. The molecule has 1 fully saturated rings. The molecular weight excluding hydrogens is 640 g/mol. The third-order valence-electron chi connectivity index (χ3n) is 9.76. The van der Waals surface area contributed by atoms with Gasteiger partial charge >= 0.3 is 0 Å². The number of carbonyl (C=O) groups excluding carboxylic acids is 3. The van der Waals surface area contributed by atoms with Crippen molar-refractivity contribution in [3.63, 3.8) is 0 Å². The lowest BCUT2D eigenvalue weighted by atomic mass is 9.80. The smallest absolute Gasteiger partial charge is 0.243 e. The van der Waals surface area contributed by atoms with Crippen molar-refractivity contribution in [2.24, 2.45) is 41.2 Å². The Bertz CT molecular complexity index is 1160. The van der Waals surface area contributed by atoms with Gasteiger partial charge in [-0.15, -0.1) is 0 Å². The van der Waals surface area contributed by atoms with Crippen LogP contribution in [0.4, 0.5) is 0 Å². The molecule has 1 saturated heterocycles. The summed E-state index contributed by atoms with van der Waals surface area (Å²) in [6.07, 6.45) is 2.83. The number of ether oxygens (including phenoxy) is 4.